The van der Waals surface area contributed by atoms with E-state index in [4.69, 9.17) is 5.11 Å². The number of carbonyl (C=O) groups is 1. The minimum Gasteiger partial charge on any atom is -0.481 e. The van der Waals surface area contributed by atoms with E-state index in [1.54, 1.807) is 0 Å². The molecule has 3 N–H and O–H groups in total. The van der Waals surface area contributed by atoms with Crippen molar-refractivity contribution in [2.75, 3.05) is 0 Å². The van der Waals surface area contributed by atoms with Crippen LogP contribution in [0.2, 0.25) is 0 Å². The molecule has 0 aromatic carbocycles. The highest BCUT2D eigenvalue weighted by atomic mass is 16.5. The van der Waals surface area contributed by atoms with Crippen molar-refractivity contribution in [1.82, 2.24) is 0 Å². The van der Waals surface area contributed by atoms with Gasteiger partial charge in [0.05, 0.1) is 0 Å². The monoisotopic (exact) mass is 372 g/mol. The van der Waals surface area contributed by atoms with Crippen molar-refractivity contribution >= 4 is 5.97 Å². The van der Waals surface area contributed by atoms with Crippen LogP contribution >= 0.6 is 0 Å². The first-order valence-electron chi connectivity index (χ1n) is 11.1. The zero-order valence-electron chi connectivity index (χ0n) is 17.2. The van der Waals surface area contributed by atoms with Gasteiger partial charge in [-0.25, -0.2) is 0 Å². The number of rotatable bonds is 20. The molecule has 0 fully saturated rings. The van der Waals surface area contributed by atoms with E-state index in [0.29, 0.717) is 19.3 Å². The number of aliphatic carboxylic acids is 1. The summed E-state index contributed by atoms with van der Waals surface area (Å²) in [6.07, 6.45) is 19.4. The molecule has 156 valence electrons. The number of carboxylic acid groups (broad SMARTS) is 1. The summed E-state index contributed by atoms with van der Waals surface area (Å²) in [6.45, 7) is 2.21. The summed E-state index contributed by atoms with van der Waals surface area (Å²) >= 11 is 0. The molecule has 0 heterocycles. The van der Waals surface area contributed by atoms with Crippen LogP contribution in [-0.4, -0.2) is 27.1 Å². The third-order valence-corrected chi connectivity index (χ3v) is 5.15. The average Bonchev–Trinajstić information content (AvgIpc) is 2.58. The zero-order chi connectivity index (χ0) is 19.5. The summed E-state index contributed by atoms with van der Waals surface area (Å²) in [7, 11) is 0. The van der Waals surface area contributed by atoms with Crippen molar-refractivity contribution in [2.45, 2.75) is 135 Å². The Morgan fingerprint density at radius 3 is 1.35 bits per heavy atom. The minimum atomic E-state index is -1.46. The van der Waals surface area contributed by atoms with Crippen LogP contribution in [0.1, 0.15) is 129 Å². The van der Waals surface area contributed by atoms with E-state index in [-0.39, 0.29) is 0 Å². The first-order valence-corrected chi connectivity index (χ1v) is 11.1. The first kappa shape index (κ1) is 25.4. The molecule has 0 spiro atoms. The molecule has 4 heteroatoms. The molecule has 0 aliphatic heterocycles. The molecule has 4 nitrogen and oxygen atoms in total. The largest absolute Gasteiger partial charge is 0.481 e. The third kappa shape index (κ3) is 19.7. The quantitative estimate of drug-likeness (QED) is 0.176. The number of hydrogen-bond donors (Lipinski definition) is 3. The normalized spacial score (nSPS) is 11.8. The minimum absolute atomic E-state index is 0.302. The first-order chi connectivity index (χ1) is 12.5. The topological polar surface area (TPSA) is 77.8 Å². The van der Waals surface area contributed by atoms with Gasteiger partial charge in [-0.2, -0.15) is 0 Å². The summed E-state index contributed by atoms with van der Waals surface area (Å²) in [5, 5.41) is 28.6. The molecule has 0 amide bonds. The van der Waals surface area contributed by atoms with Crippen LogP contribution in [0.5, 0.6) is 0 Å². The molecule has 0 aliphatic carbocycles. The Labute approximate surface area is 161 Å². The molecule has 0 aromatic heterocycles. The van der Waals surface area contributed by atoms with Crippen LogP contribution in [0, 0.1) is 0 Å². The highest BCUT2D eigenvalue weighted by Crippen LogP contribution is 2.21. The highest BCUT2D eigenvalue weighted by molar-refractivity contribution is 5.66. The summed E-state index contributed by atoms with van der Waals surface area (Å²) < 4.78 is 0. The van der Waals surface area contributed by atoms with E-state index in [1.165, 1.54) is 57.8 Å². The lowest BCUT2D eigenvalue weighted by atomic mass is 9.99. The summed E-state index contributed by atoms with van der Waals surface area (Å²) in [5.41, 5.74) is 0. The van der Waals surface area contributed by atoms with Crippen LogP contribution in [0.3, 0.4) is 0 Å². The van der Waals surface area contributed by atoms with Gasteiger partial charge in [0.25, 0.3) is 0 Å². The van der Waals surface area contributed by atoms with Gasteiger partial charge in [-0.15, -0.1) is 0 Å². The van der Waals surface area contributed by atoms with E-state index in [0.717, 1.165) is 44.9 Å². The third-order valence-electron chi connectivity index (χ3n) is 5.15. The van der Waals surface area contributed by atoms with Crippen molar-refractivity contribution in [3.8, 4) is 0 Å². The summed E-state index contributed by atoms with van der Waals surface area (Å²) in [6, 6.07) is 0. The highest BCUT2D eigenvalue weighted by Gasteiger charge is 2.21. The summed E-state index contributed by atoms with van der Waals surface area (Å²) in [5.74, 6) is -2.15. The van der Waals surface area contributed by atoms with Crippen LogP contribution in [0.15, 0.2) is 0 Å². The van der Waals surface area contributed by atoms with E-state index in [9.17, 15) is 15.0 Å². The van der Waals surface area contributed by atoms with E-state index in [2.05, 4.69) is 6.92 Å². The predicted octanol–water partition coefficient (Wildman–Crippen LogP) is 6.18. The number of carboxylic acids is 1. The van der Waals surface area contributed by atoms with E-state index < -0.39 is 11.8 Å². The molecule has 0 saturated heterocycles. The second-order valence-electron chi connectivity index (χ2n) is 7.93. The van der Waals surface area contributed by atoms with Gasteiger partial charge in [-0.3, -0.25) is 4.79 Å². The SMILES string of the molecule is CCCCCCCCC(O)(O)CCCCCCCCCCCCC(=O)O. The van der Waals surface area contributed by atoms with Gasteiger partial charge in [0.15, 0.2) is 5.79 Å². The lowest BCUT2D eigenvalue weighted by Gasteiger charge is -2.21. The Morgan fingerprint density at radius 2 is 0.962 bits per heavy atom. The van der Waals surface area contributed by atoms with Crippen molar-refractivity contribution in [3.63, 3.8) is 0 Å². The van der Waals surface area contributed by atoms with E-state index in [1.807, 2.05) is 0 Å². The molecule has 0 aromatic rings. The van der Waals surface area contributed by atoms with Crippen molar-refractivity contribution in [3.05, 3.63) is 0 Å². The fraction of sp³-hybridized carbons (Fsp3) is 0.955. The lowest BCUT2D eigenvalue weighted by molar-refractivity contribution is -0.172. The van der Waals surface area contributed by atoms with Gasteiger partial charge < -0.3 is 15.3 Å². The number of aliphatic hydroxyl groups is 2. The summed E-state index contributed by atoms with van der Waals surface area (Å²) in [4.78, 5) is 10.4. The van der Waals surface area contributed by atoms with Crippen LogP contribution in [0.4, 0.5) is 0 Å². The van der Waals surface area contributed by atoms with Gasteiger partial charge in [0, 0.05) is 19.3 Å². The standard InChI is InChI=1S/C22H44O4/c1-2-3-4-5-13-16-19-22(25,26)20-17-14-11-9-7-6-8-10-12-15-18-21(23)24/h25-26H,2-20H2,1H3,(H,23,24). The second-order valence-corrected chi connectivity index (χ2v) is 7.93. The Balaban J connectivity index is 3.30. The predicted molar refractivity (Wildman–Crippen MR) is 108 cm³/mol. The van der Waals surface area contributed by atoms with Crippen LogP contribution < -0.4 is 0 Å². The van der Waals surface area contributed by atoms with Crippen LogP contribution in [-0.2, 0) is 4.79 Å². The Hall–Kier alpha value is -0.610. The van der Waals surface area contributed by atoms with Gasteiger partial charge in [-0.05, 0) is 19.3 Å². The number of hydrogen-bond acceptors (Lipinski definition) is 3. The lowest BCUT2D eigenvalue weighted by Crippen LogP contribution is -2.27. The second kappa shape index (κ2) is 17.8. The van der Waals surface area contributed by atoms with Crippen molar-refractivity contribution in [1.29, 1.82) is 0 Å². The van der Waals surface area contributed by atoms with Gasteiger partial charge in [0.1, 0.15) is 0 Å². The number of unbranched alkanes of at least 4 members (excludes halogenated alkanes) is 14. The molecular formula is C22H44O4. The molecule has 0 rings (SSSR count). The Kier molecular flexibility index (Phi) is 17.4. The molecule has 0 unspecified atom stereocenters. The molecule has 0 aliphatic rings. The molecule has 26 heavy (non-hydrogen) atoms. The van der Waals surface area contributed by atoms with Gasteiger partial charge in [0.2, 0.25) is 0 Å². The maximum absolute atomic E-state index is 10.4. The molecule has 0 radical (unpaired) electrons. The molecular weight excluding hydrogens is 328 g/mol. The van der Waals surface area contributed by atoms with Gasteiger partial charge in [-0.1, -0.05) is 90.4 Å². The Bertz CT molecular complexity index is 315. The van der Waals surface area contributed by atoms with Gasteiger partial charge >= 0.3 is 5.97 Å². The smallest absolute Gasteiger partial charge is 0.303 e. The Morgan fingerprint density at radius 1 is 0.615 bits per heavy atom. The van der Waals surface area contributed by atoms with Crippen LogP contribution in [0.25, 0.3) is 0 Å². The molecule has 0 atom stereocenters. The maximum Gasteiger partial charge on any atom is 0.303 e. The fourth-order valence-corrected chi connectivity index (χ4v) is 3.41. The molecule has 0 bridgehead atoms. The fourth-order valence-electron chi connectivity index (χ4n) is 3.41. The average molecular weight is 373 g/mol. The zero-order valence-corrected chi connectivity index (χ0v) is 17.2. The molecule has 0 saturated carbocycles. The van der Waals surface area contributed by atoms with Crippen molar-refractivity contribution in [2.24, 2.45) is 0 Å². The van der Waals surface area contributed by atoms with E-state index >= 15 is 0 Å². The van der Waals surface area contributed by atoms with Crippen molar-refractivity contribution < 1.29 is 20.1 Å². The maximum atomic E-state index is 10.4.